The van der Waals surface area contributed by atoms with E-state index in [4.69, 9.17) is 4.74 Å². The lowest BCUT2D eigenvalue weighted by Crippen LogP contribution is -2.51. The zero-order valence-electron chi connectivity index (χ0n) is 16.8. The summed E-state index contributed by atoms with van der Waals surface area (Å²) in [6, 6.07) is 0.771. The first kappa shape index (κ1) is 23.8. The fourth-order valence-corrected chi connectivity index (χ4v) is 4.57. The van der Waals surface area contributed by atoms with Crippen LogP contribution in [0.25, 0.3) is 0 Å². The number of carbonyl (C=O) groups excluding carboxylic acids is 1. The summed E-state index contributed by atoms with van der Waals surface area (Å²) in [5.41, 5.74) is -3.91. The molecule has 174 valence electrons. The second-order valence-electron chi connectivity index (χ2n) is 7.34. The van der Waals surface area contributed by atoms with Crippen LogP contribution in [0, 0.1) is 5.82 Å². The van der Waals surface area contributed by atoms with Crippen LogP contribution in [0.2, 0.25) is 0 Å². The van der Waals surface area contributed by atoms with Crippen LogP contribution >= 0.6 is 0 Å². The fourth-order valence-electron chi connectivity index (χ4n) is 3.06. The number of hydrogen-bond acceptors (Lipinski definition) is 5. The molecule has 1 aromatic carbocycles. The molecule has 1 aliphatic rings. The van der Waals surface area contributed by atoms with Crippen LogP contribution in [0.5, 0.6) is 5.75 Å². The van der Waals surface area contributed by atoms with Crippen molar-refractivity contribution in [1.29, 1.82) is 0 Å². The molecule has 32 heavy (non-hydrogen) atoms. The lowest BCUT2D eigenvalue weighted by atomic mass is 9.98. The number of fused-ring (bicyclic) bond motifs is 1. The Morgan fingerprint density at radius 3 is 2.66 bits per heavy atom. The molecule has 2 atom stereocenters. The van der Waals surface area contributed by atoms with E-state index >= 15 is 0 Å². The molecular formula is C19H19F4N3O5S. The van der Waals surface area contributed by atoms with Gasteiger partial charge in [-0.1, -0.05) is 6.08 Å². The van der Waals surface area contributed by atoms with Crippen LogP contribution < -0.4 is 14.8 Å². The van der Waals surface area contributed by atoms with E-state index < -0.39 is 50.0 Å². The van der Waals surface area contributed by atoms with Gasteiger partial charge in [0.2, 0.25) is 10.0 Å². The van der Waals surface area contributed by atoms with Crippen molar-refractivity contribution in [1.82, 2.24) is 9.29 Å². The second-order valence-corrected chi connectivity index (χ2v) is 9.03. The maximum atomic E-state index is 13.5. The van der Waals surface area contributed by atoms with Gasteiger partial charge in [0.25, 0.3) is 5.91 Å². The van der Waals surface area contributed by atoms with Gasteiger partial charge in [0.15, 0.2) is 11.4 Å². The third kappa shape index (κ3) is 4.36. The highest BCUT2D eigenvalue weighted by atomic mass is 32.2. The number of anilines is 1. The fraction of sp³-hybridized carbons (Fsp3) is 0.316. The number of ether oxygens (including phenoxy) is 1. The van der Waals surface area contributed by atoms with Crippen LogP contribution in [0.3, 0.4) is 0 Å². The van der Waals surface area contributed by atoms with Crippen LogP contribution in [-0.4, -0.2) is 42.2 Å². The molecule has 0 saturated heterocycles. The highest BCUT2D eigenvalue weighted by Crippen LogP contribution is 2.35. The molecule has 0 aliphatic carbocycles. The topological polar surface area (TPSA) is 110 Å². The number of sulfonamides is 1. The molecule has 1 aromatic heterocycles. The normalized spacial score (nSPS) is 19.8. The van der Waals surface area contributed by atoms with Crippen molar-refractivity contribution in [2.45, 2.75) is 29.6 Å². The summed E-state index contributed by atoms with van der Waals surface area (Å²) < 4.78 is 86.8. The summed E-state index contributed by atoms with van der Waals surface area (Å²) in [6.45, 7) is 4.39. The number of aliphatic hydroxyl groups is 1. The van der Waals surface area contributed by atoms with Crippen LogP contribution in [-0.2, 0) is 23.2 Å². The van der Waals surface area contributed by atoms with Crippen LogP contribution in [0.1, 0.15) is 23.0 Å². The van der Waals surface area contributed by atoms with E-state index in [1.807, 2.05) is 0 Å². The van der Waals surface area contributed by atoms with Crippen LogP contribution in [0.15, 0.2) is 41.9 Å². The Labute approximate surface area is 180 Å². The predicted molar refractivity (Wildman–Crippen MR) is 105 cm³/mol. The molecule has 0 fully saturated rings. The molecule has 3 rings (SSSR count). The first-order valence-electron chi connectivity index (χ1n) is 9.06. The standard InChI is InChI=1S/C19H19F4N3O5S/c1-4-18(2,28)14-9-31-16-13(32(29,30)25-14)8-26(3)15(16)17(27)24-10-5-6-12(20)11(7-10)19(21,22)23/h4-8,14,25,28H,1,9H2,2-3H3,(H,24,27). The molecular weight excluding hydrogens is 458 g/mol. The molecule has 2 heterocycles. The van der Waals surface area contributed by atoms with Gasteiger partial charge in [0.1, 0.15) is 17.3 Å². The van der Waals surface area contributed by atoms with E-state index in [1.165, 1.54) is 14.0 Å². The number of nitrogens with zero attached hydrogens (tertiary/aromatic N) is 1. The summed E-state index contributed by atoms with van der Waals surface area (Å²) >= 11 is 0. The first-order chi connectivity index (χ1) is 14.7. The van der Waals surface area contributed by atoms with Crippen LogP contribution in [0.4, 0.5) is 23.2 Å². The Hall–Kier alpha value is -2.90. The monoisotopic (exact) mass is 477 g/mol. The van der Waals surface area contributed by atoms with Gasteiger partial charge in [-0.3, -0.25) is 4.79 Å². The highest BCUT2D eigenvalue weighted by Gasteiger charge is 2.40. The number of rotatable bonds is 4. The van der Waals surface area contributed by atoms with E-state index in [1.54, 1.807) is 0 Å². The van der Waals surface area contributed by atoms with Gasteiger partial charge in [-0.25, -0.2) is 17.5 Å². The molecule has 1 aliphatic heterocycles. The Morgan fingerprint density at radius 1 is 1.41 bits per heavy atom. The smallest absolute Gasteiger partial charge is 0.419 e. The number of amides is 1. The van der Waals surface area contributed by atoms with Crippen molar-refractivity contribution in [3.8, 4) is 5.75 Å². The number of aromatic nitrogens is 1. The highest BCUT2D eigenvalue weighted by molar-refractivity contribution is 7.89. The lowest BCUT2D eigenvalue weighted by molar-refractivity contribution is -0.139. The van der Waals surface area contributed by atoms with Gasteiger partial charge in [-0.2, -0.15) is 13.2 Å². The molecule has 8 nitrogen and oxygen atoms in total. The maximum absolute atomic E-state index is 13.5. The van der Waals surface area contributed by atoms with E-state index in [-0.39, 0.29) is 23.7 Å². The molecule has 3 N–H and O–H groups in total. The van der Waals surface area contributed by atoms with Crippen molar-refractivity contribution < 1.29 is 40.6 Å². The molecule has 0 radical (unpaired) electrons. The quantitative estimate of drug-likeness (QED) is 0.463. The number of nitrogens with one attached hydrogen (secondary N) is 2. The van der Waals surface area contributed by atoms with Gasteiger partial charge >= 0.3 is 6.18 Å². The summed E-state index contributed by atoms with van der Waals surface area (Å²) in [4.78, 5) is 12.4. The van der Waals surface area contributed by atoms with Crippen molar-refractivity contribution in [3.05, 3.63) is 54.1 Å². The maximum Gasteiger partial charge on any atom is 0.419 e. The average Bonchev–Trinajstić information content (AvgIpc) is 2.96. The Balaban J connectivity index is 1.98. The number of hydrogen-bond donors (Lipinski definition) is 3. The Bertz CT molecular complexity index is 1190. The molecule has 2 unspecified atom stereocenters. The van der Waals surface area contributed by atoms with Gasteiger partial charge in [0, 0.05) is 18.9 Å². The second kappa shape index (κ2) is 7.90. The minimum atomic E-state index is -4.98. The first-order valence-corrected chi connectivity index (χ1v) is 10.5. The molecule has 0 bridgehead atoms. The lowest BCUT2D eigenvalue weighted by Gasteiger charge is -2.28. The van der Waals surface area contributed by atoms with E-state index in [9.17, 15) is 35.9 Å². The minimum Gasteiger partial charge on any atom is -0.488 e. The summed E-state index contributed by atoms with van der Waals surface area (Å²) in [6.07, 6.45) is -2.77. The van der Waals surface area contributed by atoms with Gasteiger partial charge in [-0.15, -0.1) is 6.58 Å². The average molecular weight is 477 g/mol. The third-order valence-electron chi connectivity index (χ3n) is 4.95. The van der Waals surface area contributed by atoms with E-state index in [2.05, 4.69) is 16.6 Å². The van der Waals surface area contributed by atoms with Crippen molar-refractivity contribution >= 4 is 21.6 Å². The van der Waals surface area contributed by atoms with Gasteiger partial charge < -0.3 is 19.7 Å². The van der Waals surface area contributed by atoms with E-state index in [0.29, 0.717) is 12.1 Å². The summed E-state index contributed by atoms with van der Waals surface area (Å²) in [5.74, 6) is -2.85. The molecule has 2 aromatic rings. The van der Waals surface area contributed by atoms with Crippen molar-refractivity contribution in [2.24, 2.45) is 7.05 Å². The Morgan fingerprint density at radius 2 is 2.06 bits per heavy atom. The zero-order chi connectivity index (χ0) is 24.1. The SMILES string of the molecule is C=CC(C)(O)C1COc2c(cn(C)c2C(=O)Nc2ccc(F)c(C(F)(F)F)c2)S(=O)(=O)N1. The number of benzene rings is 1. The molecule has 0 spiro atoms. The zero-order valence-corrected chi connectivity index (χ0v) is 17.6. The molecule has 1 amide bonds. The third-order valence-corrected chi connectivity index (χ3v) is 6.41. The molecule has 0 saturated carbocycles. The summed E-state index contributed by atoms with van der Waals surface area (Å²) in [7, 11) is -2.90. The van der Waals surface area contributed by atoms with Crippen molar-refractivity contribution in [2.75, 3.05) is 11.9 Å². The predicted octanol–water partition coefficient (Wildman–Crippen LogP) is 2.41. The minimum absolute atomic E-state index is 0.304. The van der Waals surface area contributed by atoms with Gasteiger partial charge in [0.05, 0.1) is 17.2 Å². The largest absolute Gasteiger partial charge is 0.488 e. The number of carbonyl (C=O) groups is 1. The Kier molecular flexibility index (Phi) is 5.87. The summed E-state index contributed by atoms with van der Waals surface area (Å²) in [5, 5.41) is 12.5. The molecule has 13 heteroatoms. The number of alkyl halides is 3. The number of halogens is 4. The van der Waals surface area contributed by atoms with Crippen molar-refractivity contribution in [3.63, 3.8) is 0 Å². The van der Waals surface area contributed by atoms with E-state index in [0.717, 1.165) is 22.9 Å². The van der Waals surface area contributed by atoms with Gasteiger partial charge in [-0.05, 0) is 25.1 Å². The number of aryl methyl sites for hydroxylation is 1.